The summed E-state index contributed by atoms with van der Waals surface area (Å²) >= 11 is 1.67. The third-order valence-corrected chi connectivity index (χ3v) is 5.95. The summed E-state index contributed by atoms with van der Waals surface area (Å²) in [5, 5.41) is -0.142. The van der Waals surface area contributed by atoms with Gasteiger partial charge < -0.3 is 0 Å². The minimum atomic E-state index is -0.142. The fraction of sp³-hybridized carbons (Fsp3) is 0.889. The Bertz CT molecular complexity index is 387. The maximum atomic E-state index is 12.4. The third kappa shape index (κ3) is 6.31. The fourth-order valence-electron chi connectivity index (χ4n) is 2.40. The summed E-state index contributed by atoms with van der Waals surface area (Å²) in [4.78, 5) is 25.9. The summed E-state index contributed by atoms with van der Waals surface area (Å²) in [5.41, 5.74) is 0.324. The lowest BCUT2D eigenvalue weighted by molar-refractivity contribution is -0.138. The standard InChI is InChI=1S/C18H33NO2S/c1-13(2)14(3)12-22-15-11-16(20)19(17(15)21)10-8-7-9-18(4,5)6/h13-15H,7-12H2,1-6H3/t14-,15?/m0/s1. The first-order chi connectivity index (χ1) is 10.1. The average Bonchev–Trinajstić information content (AvgIpc) is 2.66. The van der Waals surface area contributed by atoms with Crippen LogP contribution < -0.4 is 0 Å². The van der Waals surface area contributed by atoms with Crippen molar-refractivity contribution in [2.75, 3.05) is 12.3 Å². The zero-order valence-electron chi connectivity index (χ0n) is 15.1. The normalized spacial score (nSPS) is 21.0. The van der Waals surface area contributed by atoms with E-state index in [1.165, 1.54) is 4.90 Å². The van der Waals surface area contributed by atoms with E-state index in [0.717, 1.165) is 25.0 Å². The number of hydrogen-bond acceptors (Lipinski definition) is 3. The molecule has 1 aliphatic heterocycles. The Balaban J connectivity index is 2.38. The first kappa shape index (κ1) is 19.5. The van der Waals surface area contributed by atoms with Crippen molar-refractivity contribution in [2.24, 2.45) is 17.3 Å². The van der Waals surface area contributed by atoms with E-state index in [9.17, 15) is 9.59 Å². The molecule has 1 fully saturated rings. The van der Waals surface area contributed by atoms with Crippen LogP contribution in [0.4, 0.5) is 0 Å². The maximum Gasteiger partial charge on any atom is 0.242 e. The zero-order valence-corrected chi connectivity index (χ0v) is 16.0. The lowest BCUT2D eigenvalue weighted by Crippen LogP contribution is -2.32. The number of unbranched alkanes of at least 4 members (excludes halogenated alkanes) is 1. The second kappa shape index (κ2) is 8.37. The Kier molecular flexibility index (Phi) is 7.43. The van der Waals surface area contributed by atoms with Crippen molar-refractivity contribution >= 4 is 23.6 Å². The van der Waals surface area contributed by atoms with Gasteiger partial charge in [-0.25, -0.2) is 0 Å². The van der Waals surface area contributed by atoms with Crippen LogP contribution in [0.3, 0.4) is 0 Å². The highest BCUT2D eigenvalue weighted by Crippen LogP contribution is 2.29. The predicted octanol–water partition coefficient (Wildman–Crippen LogP) is 4.36. The molecule has 2 atom stereocenters. The van der Waals surface area contributed by atoms with E-state index >= 15 is 0 Å². The number of amides is 2. The van der Waals surface area contributed by atoms with Gasteiger partial charge in [0.05, 0.1) is 5.25 Å². The maximum absolute atomic E-state index is 12.4. The number of carbonyl (C=O) groups excluding carboxylic acids is 2. The molecule has 0 aromatic heterocycles. The van der Waals surface area contributed by atoms with Gasteiger partial charge in [-0.3, -0.25) is 14.5 Å². The molecule has 0 aromatic rings. The molecule has 3 nitrogen and oxygen atoms in total. The van der Waals surface area contributed by atoms with Gasteiger partial charge in [0, 0.05) is 13.0 Å². The van der Waals surface area contributed by atoms with E-state index in [-0.39, 0.29) is 17.1 Å². The molecule has 22 heavy (non-hydrogen) atoms. The third-order valence-electron chi connectivity index (χ3n) is 4.46. The predicted molar refractivity (Wildman–Crippen MR) is 94.9 cm³/mol. The molecule has 0 N–H and O–H groups in total. The summed E-state index contributed by atoms with van der Waals surface area (Å²) in [6.45, 7) is 13.9. The topological polar surface area (TPSA) is 37.4 Å². The highest BCUT2D eigenvalue weighted by atomic mass is 32.2. The van der Waals surface area contributed by atoms with Gasteiger partial charge >= 0.3 is 0 Å². The molecule has 1 aliphatic rings. The Morgan fingerprint density at radius 1 is 1.18 bits per heavy atom. The number of likely N-dealkylation sites (tertiary alicyclic amines) is 1. The molecule has 0 saturated carbocycles. The van der Waals surface area contributed by atoms with Gasteiger partial charge in [0.15, 0.2) is 0 Å². The van der Waals surface area contributed by atoms with Crippen LogP contribution in [0.25, 0.3) is 0 Å². The van der Waals surface area contributed by atoms with Crippen LogP contribution in [-0.4, -0.2) is 34.3 Å². The minimum absolute atomic E-state index is 0.0236. The Morgan fingerprint density at radius 3 is 2.36 bits per heavy atom. The second-order valence-corrected chi connectivity index (χ2v) is 9.38. The Hall–Kier alpha value is -0.510. The van der Waals surface area contributed by atoms with Crippen molar-refractivity contribution in [1.82, 2.24) is 4.90 Å². The molecule has 0 spiro atoms. The number of carbonyl (C=O) groups is 2. The molecule has 0 bridgehead atoms. The highest BCUT2D eigenvalue weighted by molar-refractivity contribution is 8.00. The van der Waals surface area contributed by atoms with Gasteiger partial charge in [-0.05, 0) is 35.8 Å². The number of hydrogen-bond donors (Lipinski definition) is 0. The van der Waals surface area contributed by atoms with Crippen molar-refractivity contribution in [3.63, 3.8) is 0 Å². The van der Waals surface area contributed by atoms with Crippen molar-refractivity contribution in [2.45, 2.75) is 72.5 Å². The van der Waals surface area contributed by atoms with Crippen molar-refractivity contribution in [3.8, 4) is 0 Å². The van der Waals surface area contributed by atoms with E-state index in [0.29, 0.717) is 30.2 Å². The molecular formula is C18H33NO2S. The highest BCUT2D eigenvalue weighted by Gasteiger charge is 2.38. The molecule has 1 heterocycles. The molecule has 0 radical (unpaired) electrons. The van der Waals surface area contributed by atoms with E-state index < -0.39 is 0 Å². The zero-order chi connectivity index (χ0) is 16.9. The number of thioether (sulfide) groups is 1. The van der Waals surface area contributed by atoms with Gasteiger partial charge in [-0.2, -0.15) is 0 Å². The molecule has 0 aliphatic carbocycles. The first-order valence-corrected chi connectivity index (χ1v) is 9.62. The van der Waals surface area contributed by atoms with Crippen LogP contribution in [0, 0.1) is 17.3 Å². The van der Waals surface area contributed by atoms with E-state index in [1.54, 1.807) is 11.8 Å². The minimum Gasteiger partial charge on any atom is -0.282 e. The molecule has 1 saturated heterocycles. The number of rotatable bonds is 8. The summed E-state index contributed by atoms with van der Waals surface area (Å²) in [6, 6.07) is 0. The van der Waals surface area contributed by atoms with E-state index in [4.69, 9.17) is 0 Å². The molecule has 0 aromatic carbocycles. The number of imide groups is 1. The first-order valence-electron chi connectivity index (χ1n) is 8.57. The van der Waals surface area contributed by atoms with Crippen LogP contribution in [0.15, 0.2) is 0 Å². The molecule has 128 valence electrons. The van der Waals surface area contributed by atoms with Gasteiger partial charge in [0.25, 0.3) is 0 Å². The van der Waals surface area contributed by atoms with Crippen LogP contribution in [0.1, 0.15) is 67.2 Å². The summed E-state index contributed by atoms with van der Waals surface area (Å²) in [5.74, 6) is 2.22. The quantitative estimate of drug-likeness (QED) is 0.491. The van der Waals surface area contributed by atoms with Gasteiger partial charge in [0.1, 0.15) is 0 Å². The SMILES string of the molecule is CC(C)[C@@H](C)CSC1CC(=O)N(CCCCC(C)(C)C)C1=O. The van der Waals surface area contributed by atoms with Crippen LogP contribution in [0.2, 0.25) is 0 Å². The van der Waals surface area contributed by atoms with Crippen molar-refractivity contribution in [3.05, 3.63) is 0 Å². The molecule has 1 rings (SSSR count). The summed E-state index contributed by atoms with van der Waals surface area (Å²) in [6.07, 6.45) is 3.53. The smallest absolute Gasteiger partial charge is 0.242 e. The molecule has 2 amide bonds. The van der Waals surface area contributed by atoms with E-state index in [2.05, 4.69) is 41.5 Å². The lowest BCUT2D eigenvalue weighted by atomic mass is 9.90. The summed E-state index contributed by atoms with van der Waals surface area (Å²) < 4.78 is 0. The molecular weight excluding hydrogens is 294 g/mol. The van der Waals surface area contributed by atoms with Gasteiger partial charge in [-0.15, -0.1) is 11.8 Å². The van der Waals surface area contributed by atoms with Gasteiger partial charge in [-0.1, -0.05) is 48.0 Å². The Labute approximate surface area is 140 Å². The van der Waals surface area contributed by atoms with Crippen LogP contribution >= 0.6 is 11.8 Å². The average molecular weight is 328 g/mol. The summed E-state index contributed by atoms with van der Waals surface area (Å²) in [7, 11) is 0. The monoisotopic (exact) mass is 327 g/mol. The number of nitrogens with zero attached hydrogens (tertiary/aromatic N) is 1. The Morgan fingerprint density at radius 2 is 1.82 bits per heavy atom. The largest absolute Gasteiger partial charge is 0.282 e. The van der Waals surface area contributed by atoms with Crippen molar-refractivity contribution < 1.29 is 9.59 Å². The lowest BCUT2D eigenvalue weighted by Gasteiger charge is -2.20. The molecule has 1 unspecified atom stereocenters. The van der Waals surface area contributed by atoms with Crippen LogP contribution in [-0.2, 0) is 9.59 Å². The fourth-order valence-corrected chi connectivity index (χ4v) is 3.85. The van der Waals surface area contributed by atoms with Crippen LogP contribution in [0.5, 0.6) is 0 Å². The van der Waals surface area contributed by atoms with Crippen molar-refractivity contribution in [1.29, 1.82) is 0 Å². The molecule has 4 heteroatoms. The van der Waals surface area contributed by atoms with Gasteiger partial charge in [0.2, 0.25) is 11.8 Å². The second-order valence-electron chi connectivity index (χ2n) is 8.15. The van der Waals surface area contributed by atoms with E-state index in [1.807, 2.05) is 0 Å².